The first kappa shape index (κ1) is 31.5. The normalized spacial score (nSPS) is 16.1. The van der Waals surface area contributed by atoms with E-state index in [4.69, 9.17) is 0 Å². The van der Waals surface area contributed by atoms with Crippen molar-refractivity contribution in [2.75, 3.05) is 4.90 Å². The van der Waals surface area contributed by atoms with Gasteiger partial charge in [-0.3, -0.25) is 0 Å². The average Bonchev–Trinajstić information content (AvgIpc) is 3.74. The Bertz CT molecular complexity index is 2340. The molecule has 52 heavy (non-hydrogen) atoms. The zero-order valence-electron chi connectivity index (χ0n) is 29.2. The van der Waals surface area contributed by atoms with Gasteiger partial charge in [-0.25, -0.2) is 0 Å². The molecule has 10 rings (SSSR count). The number of rotatable bonds is 8. The van der Waals surface area contributed by atoms with E-state index in [2.05, 4.69) is 162 Å². The maximum Gasteiger partial charge on any atom is 0.151 e. The lowest BCUT2D eigenvalue weighted by Gasteiger charge is -2.30. The maximum atomic E-state index is 13.3. The summed E-state index contributed by atoms with van der Waals surface area (Å²) in [7, 11) is 0. The highest BCUT2D eigenvalue weighted by molar-refractivity contribution is 7.10. The molecule has 0 saturated heterocycles. The molecule has 0 bridgehead atoms. The first-order valence-corrected chi connectivity index (χ1v) is 19.7. The van der Waals surface area contributed by atoms with Crippen LogP contribution in [0.2, 0.25) is 0 Å². The number of aliphatic hydroxyl groups is 1. The van der Waals surface area contributed by atoms with Crippen molar-refractivity contribution < 1.29 is 5.11 Å². The summed E-state index contributed by atoms with van der Waals surface area (Å²) in [6.45, 7) is 0. The number of hydrogen-bond donors (Lipinski definition) is 1. The van der Waals surface area contributed by atoms with Gasteiger partial charge in [0, 0.05) is 28.1 Å². The van der Waals surface area contributed by atoms with Gasteiger partial charge in [0.2, 0.25) is 0 Å². The van der Waals surface area contributed by atoms with E-state index in [0.29, 0.717) is 11.8 Å². The predicted molar refractivity (Wildman–Crippen MR) is 217 cm³/mol. The highest BCUT2D eigenvalue weighted by atomic mass is 32.1. The van der Waals surface area contributed by atoms with E-state index in [-0.39, 0.29) is 0 Å². The second kappa shape index (κ2) is 12.8. The zero-order chi connectivity index (χ0) is 34.6. The number of nitrogens with zero attached hydrogens (tertiary/aromatic N) is 1. The Balaban J connectivity index is 1.11. The summed E-state index contributed by atoms with van der Waals surface area (Å²) in [6, 6.07) is 54.8. The van der Waals surface area contributed by atoms with Crippen LogP contribution < -0.4 is 4.90 Å². The van der Waals surface area contributed by atoms with Crippen molar-refractivity contribution in [3.05, 3.63) is 184 Å². The molecule has 0 amide bonds. The van der Waals surface area contributed by atoms with Crippen molar-refractivity contribution in [3.8, 4) is 33.4 Å². The van der Waals surface area contributed by atoms with Crippen LogP contribution in [0.3, 0.4) is 0 Å². The molecule has 0 radical (unpaired) electrons. The highest BCUT2D eigenvalue weighted by Crippen LogP contribution is 2.56. The molecule has 3 heteroatoms. The van der Waals surface area contributed by atoms with Gasteiger partial charge in [0.1, 0.15) is 0 Å². The molecule has 6 aromatic carbocycles. The van der Waals surface area contributed by atoms with Gasteiger partial charge < -0.3 is 10.0 Å². The molecule has 0 atom stereocenters. The predicted octanol–water partition coefficient (Wildman–Crippen LogP) is 13.4. The third kappa shape index (κ3) is 5.10. The molecule has 2 fully saturated rings. The first-order chi connectivity index (χ1) is 25.7. The molecule has 2 saturated carbocycles. The standard InChI is InChI=1S/C49H41NOS/c51-49(45-26-24-36(33-14-9-15-33)31-43(45)44-32-37(25-27-46(44)49)34-16-10-17-34)48-42(28-29-52-48)38-18-11-21-40(30-38)50(39-19-5-2-6-20-39)47-23-8-7-22-41(47)35-12-3-1-4-13-35/h1-8,11-13,18-34,51H,9-10,14-17H2. The van der Waals surface area contributed by atoms with Gasteiger partial charge in [0.05, 0.1) is 10.6 Å². The number of fused-ring (bicyclic) bond motifs is 3. The summed E-state index contributed by atoms with van der Waals surface area (Å²) in [5, 5.41) is 15.4. The lowest BCUT2D eigenvalue weighted by atomic mass is 9.78. The van der Waals surface area contributed by atoms with Crippen LogP contribution >= 0.6 is 11.3 Å². The molecule has 2 nitrogen and oxygen atoms in total. The van der Waals surface area contributed by atoms with Crippen LogP contribution in [0, 0.1) is 0 Å². The second-order valence-corrected chi connectivity index (χ2v) is 15.8. The monoisotopic (exact) mass is 691 g/mol. The Morgan fingerprint density at radius 3 is 1.71 bits per heavy atom. The van der Waals surface area contributed by atoms with Crippen molar-refractivity contribution >= 4 is 28.4 Å². The summed E-state index contributed by atoms with van der Waals surface area (Å²) < 4.78 is 0. The van der Waals surface area contributed by atoms with Crippen LogP contribution in [0.1, 0.15) is 77.5 Å². The Hall–Kier alpha value is -5.22. The van der Waals surface area contributed by atoms with Crippen molar-refractivity contribution in [2.45, 2.75) is 56.0 Å². The van der Waals surface area contributed by atoms with Gasteiger partial charge in [0.15, 0.2) is 5.60 Å². The molecule has 7 aromatic rings. The SMILES string of the molecule is OC1(c2sccc2-c2cccc(N(c3ccccc3)c3ccccc3-c3ccccc3)c2)c2ccc(C3CCC3)cc2-c2cc(C3CCC3)ccc21. The Morgan fingerprint density at radius 1 is 0.500 bits per heavy atom. The minimum absolute atomic E-state index is 0.636. The van der Waals surface area contributed by atoms with Crippen LogP contribution in [0.25, 0.3) is 33.4 Å². The molecule has 3 aliphatic carbocycles. The van der Waals surface area contributed by atoms with Gasteiger partial charge >= 0.3 is 0 Å². The Labute approximate surface area is 310 Å². The molecular weight excluding hydrogens is 651 g/mol. The molecule has 0 aliphatic heterocycles. The van der Waals surface area contributed by atoms with E-state index in [1.54, 1.807) is 11.3 Å². The third-order valence-electron chi connectivity index (χ3n) is 12.0. The zero-order valence-corrected chi connectivity index (χ0v) is 30.0. The third-order valence-corrected chi connectivity index (χ3v) is 13.0. The largest absolute Gasteiger partial charge is 0.375 e. The minimum atomic E-state index is -1.24. The van der Waals surface area contributed by atoms with Crippen LogP contribution in [-0.4, -0.2) is 5.11 Å². The smallest absolute Gasteiger partial charge is 0.151 e. The van der Waals surface area contributed by atoms with Crippen molar-refractivity contribution in [1.29, 1.82) is 0 Å². The van der Waals surface area contributed by atoms with Gasteiger partial charge in [-0.15, -0.1) is 11.3 Å². The van der Waals surface area contributed by atoms with Crippen LogP contribution in [0.4, 0.5) is 17.1 Å². The van der Waals surface area contributed by atoms with E-state index >= 15 is 0 Å². The van der Waals surface area contributed by atoms with Crippen LogP contribution in [0.15, 0.2) is 157 Å². The molecule has 254 valence electrons. The molecular formula is C49H41NOS. The summed E-state index contributed by atoms with van der Waals surface area (Å²) in [5.74, 6) is 1.27. The van der Waals surface area contributed by atoms with Crippen molar-refractivity contribution in [3.63, 3.8) is 0 Å². The average molecular weight is 692 g/mol. The van der Waals surface area contributed by atoms with Crippen LogP contribution in [-0.2, 0) is 5.60 Å². The molecule has 1 N–H and O–H groups in total. The number of thiophene rings is 1. The lowest BCUT2D eigenvalue weighted by molar-refractivity contribution is 0.135. The van der Waals surface area contributed by atoms with Gasteiger partial charge in [-0.2, -0.15) is 0 Å². The molecule has 1 aromatic heterocycles. The molecule has 0 unspecified atom stereocenters. The second-order valence-electron chi connectivity index (χ2n) is 14.8. The number of hydrogen-bond acceptors (Lipinski definition) is 3. The topological polar surface area (TPSA) is 23.5 Å². The van der Waals surface area contributed by atoms with Crippen molar-refractivity contribution in [2.24, 2.45) is 0 Å². The van der Waals surface area contributed by atoms with Crippen molar-refractivity contribution in [1.82, 2.24) is 0 Å². The quantitative estimate of drug-likeness (QED) is 0.171. The number of para-hydroxylation sites is 2. The van der Waals surface area contributed by atoms with Crippen LogP contribution in [0.5, 0.6) is 0 Å². The first-order valence-electron chi connectivity index (χ1n) is 18.9. The number of benzene rings is 6. The fraction of sp³-hybridized carbons (Fsp3) is 0.184. The van der Waals surface area contributed by atoms with Gasteiger partial charge in [-0.1, -0.05) is 128 Å². The van der Waals surface area contributed by atoms with E-state index in [9.17, 15) is 5.11 Å². The lowest BCUT2D eigenvalue weighted by Crippen LogP contribution is -2.26. The molecule has 1 heterocycles. The fourth-order valence-electron chi connectivity index (χ4n) is 8.75. The minimum Gasteiger partial charge on any atom is -0.375 e. The fourth-order valence-corrected chi connectivity index (χ4v) is 9.79. The summed E-state index contributed by atoms with van der Waals surface area (Å²) >= 11 is 1.66. The molecule has 3 aliphatic rings. The summed E-state index contributed by atoms with van der Waals surface area (Å²) in [4.78, 5) is 3.34. The highest BCUT2D eigenvalue weighted by Gasteiger charge is 2.46. The summed E-state index contributed by atoms with van der Waals surface area (Å²) in [5.41, 5.74) is 13.8. The van der Waals surface area contributed by atoms with E-state index in [1.807, 2.05) is 0 Å². The van der Waals surface area contributed by atoms with E-state index in [1.165, 1.54) is 71.9 Å². The van der Waals surface area contributed by atoms with Gasteiger partial charge in [0.25, 0.3) is 0 Å². The Kier molecular flexibility index (Phi) is 7.74. The summed E-state index contributed by atoms with van der Waals surface area (Å²) in [6.07, 6.45) is 7.67. The molecule has 0 spiro atoms. The van der Waals surface area contributed by atoms with E-state index < -0.39 is 5.60 Å². The number of anilines is 3. The maximum absolute atomic E-state index is 13.3. The van der Waals surface area contributed by atoms with E-state index in [0.717, 1.165) is 44.2 Å². The Morgan fingerprint density at radius 2 is 1.08 bits per heavy atom. The van der Waals surface area contributed by atoms with Gasteiger partial charge in [-0.05, 0) is 118 Å².